The highest BCUT2D eigenvalue weighted by molar-refractivity contribution is 5.95. The van der Waals surface area contributed by atoms with Gasteiger partial charge in [-0.05, 0) is 66.6 Å². The number of aryl methyl sites for hydroxylation is 1. The molecule has 2 N–H and O–H groups in total. The van der Waals surface area contributed by atoms with Crippen molar-refractivity contribution >= 4 is 11.8 Å². The lowest BCUT2D eigenvalue weighted by Gasteiger charge is -2.40. The van der Waals surface area contributed by atoms with Gasteiger partial charge in [0.2, 0.25) is 5.91 Å². The molecule has 5 heteroatoms. The fourth-order valence-electron chi connectivity index (χ4n) is 4.72. The zero-order chi connectivity index (χ0) is 23.4. The minimum absolute atomic E-state index is 0.0477. The third-order valence-corrected chi connectivity index (χ3v) is 6.77. The van der Waals surface area contributed by atoms with Crippen molar-refractivity contribution < 1.29 is 14.3 Å². The van der Waals surface area contributed by atoms with Gasteiger partial charge in [-0.15, -0.1) is 0 Å². The maximum atomic E-state index is 13.0. The van der Waals surface area contributed by atoms with E-state index >= 15 is 0 Å². The monoisotopic (exact) mass is 442 g/mol. The average Bonchev–Trinajstić information content (AvgIpc) is 2.84. The molecule has 0 spiro atoms. The Bertz CT molecular complexity index is 1160. The first-order chi connectivity index (χ1) is 15.9. The van der Waals surface area contributed by atoms with Crippen LogP contribution in [0.25, 0.3) is 11.1 Å². The Labute approximate surface area is 195 Å². The van der Waals surface area contributed by atoms with Crippen LogP contribution >= 0.6 is 0 Å². The quantitative estimate of drug-likeness (QED) is 0.605. The second-order valence-electron chi connectivity index (χ2n) is 8.86. The Morgan fingerprint density at radius 2 is 1.70 bits per heavy atom. The Morgan fingerprint density at radius 3 is 2.39 bits per heavy atom. The highest BCUT2D eigenvalue weighted by Gasteiger charge is 2.41. The van der Waals surface area contributed by atoms with E-state index in [0.717, 1.165) is 11.1 Å². The van der Waals surface area contributed by atoms with Crippen molar-refractivity contribution in [1.29, 1.82) is 0 Å². The van der Waals surface area contributed by atoms with Crippen LogP contribution in [0.15, 0.2) is 72.8 Å². The summed E-state index contributed by atoms with van der Waals surface area (Å²) in [6.07, 6.45) is 1.67. The molecule has 0 aromatic heterocycles. The molecule has 0 atom stereocenters. The van der Waals surface area contributed by atoms with Crippen LogP contribution in [0, 0.1) is 12.3 Å². The van der Waals surface area contributed by atoms with Gasteiger partial charge in [0.1, 0.15) is 5.75 Å². The van der Waals surface area contributed by atoms with Gasteiger partial charge in [0.25, 0.3) is 5.91 Å². The minimum atomic E-state index is -0.657. The summed E-state index contributed by atoms with van der Waals surface area (Å²) < 4.78 is 5.24. The van der Waals surface area contributed by atoms with Crippen molar-refractivity contribution in [1.82, 2.24) is 4.90 Å². The highest BCUT2D eigenvalue weighted by atomic mass is 16.5. The molecule has 2 amide bonds. The van der Waals surface area contributed by atoms with E-state index in [1.54, 1.807) is 24.1 Å². The van der Waals surface area contributed by atoms with Gasteiger partial charge >= 0.3 is 0 Å². The number of carbonyl (C=O) groups is 2. The Hall–Kier alpha value is -3.60. The van der Waals surface area contributed by atoms with Crippen molar-refractivity contribution in [3.05, 3.63) is 89.5 Å². The topological polar surface area (TPSA) is 72.6 Å². The van der Waals surface area contributed by atoms with Gasteiger partial charge in [-0.1, -0.05) is 54.6 Å². The number of piperidine rings is 1. The number of nitrogens with two attached hydrogens (primary N) is 1. The predicted octanol–water partition coefficient (Wildman–Crippen LogP) is 4.62. The first-order valence-corrected chi connectivity index (χ1v) is 11.3. The van der Waals surface area contributed by atoms with E-state index in [2.05, 4.69) is 37.3 Å². The third-order valence-electron chi connectivity index (χ3n) is 6.77. The van der Waals surface area contributed by atoms with E-state index in [-0.39, 0.29) is 11.8 Å². The summed E-state index contributed by atoms with van der Waals surface area (Å²) in [5, 5.41) is 0. The molecule has 5 nitrogen and oxygen atoms in total. The number of likely N-dealkylation sites (tertiary alicyclic amines) is 1. The number of methoxy groups -OCH3 is 1. The van der Waals surface area contributed by atoms with Gasteiger partial charge in [0, 0.05) is 18.7 Å². The van der Waals surface area contributed by atoms with E-state index in [1.165, 1.54) is 11.1 Å². The molecule has 4 rings (SSSR count). The molecule has 33 heavy (non-hydrogen) atoms. The summed E-state index contributed by atoms with van der Waals surface area (Å²) in [4.78, 5) is 27.4. The van der Waals surface area contributed by atoms with Gasteiger partial charge in [0.15, 0.2) is 0 Å². The Morgan fingerprint density at radius 1 is 0.970 bits per heavy atom. The van der Waals surface area contributed by atoms with Crippen LogP contribution in [0.4, 0.5) is 0 Å². The molecule has 1 aliphatic heterocycles. The summed E-state index contributed by atoms with van der Waals surface area (Å²) in [5.74, 6) is 0.309. The number of benzene rings is 3. The smallest absolute Gasteiger partial charge is 0.253 e. The summed E-state index contributed by atoms with van der Waals surface area (Å²) >= 11 is 0. The standard InChI is InChI=1S/C28H30N2O3/c1-20-7-3-4-12-25(20)22-9-5-8-21(17-22)19-28(27(29)32)13-15-30(16-14-28)26(31)23-10-6-11-24(18-23)33-2/h3-12,17-18H,13-16,19H2,1-2H3,(H2,29,32). The van der Waals surface area contributed by atoms with Crippen LogP contribution in [0.5, 0.6) is 5.75 Å². The number of nitrogens with zero attached hydrogens (tertiary/aromatic N) is 1. The molecule has 0 saturated carbocycles. The normalized spacial score (nSPS) is 15.2. The fourth-order valence-corrected chi connectivity index (χ4v) is 4.72. The maximum absolute atomic E-state index is 13.0. The lowest BCUT2D eigenvalue weighted by Crippen LogP contribution is -2.49. The number of amides is 2. The van der Waals surface area contributed by atoms with Crippen molar-refractivity contribution in [2.75, 3.05) is 20.2 Å². The lowest BCUT2D eigenvalue weighted by molar-refractivity contribution is -0.130. The van der Waals surface area contributed by atoms with Crippen LogP contribution < -0.4 is 10.5 Å². The SMILES string of the molecule is COc1cccc(C(=O)N2CCC(Cc3cccc(-c4ccccc4C)c3)(C(N)=O)CC2)c1. The van der Waals surface area contributed by atoms with Gasteiger partial charge in [-0.3, -0.25) is 9.59 Å². The van der Waals surface area contributed by atoms with E-state index in [4.69, 9.17) is 10.5 Å². The molecule has 3 aromatic carbocycles. The van der Waals surface area contributed by atoms with Gasteiger partial charge in [-0.2, -0.15) is 0 Å². The summed E-state index contributed by atoms with van der Waals surface area (Å²) in [6, 6.07) is 23.8. The van der Waals surface area contributed by atoms with Gasteiger partial charge in [-0.25, -0.2) is 0 Å². The molecule has 0 radical (unpaired) electrons. The fraction of sp³-hybridized carbons (Fsp3) is 0.286. The Kier molecular flexibility index (Phi) is 6.50. The van der Waals surface area contributed by atoms with Crippen molar-refractivity contribution in [3.8, 4) is 16.9 Å². The van der Waals surface area contributed by atoms with E-state index in [9.17, 15) is 9.59 Å². The number of carbonyl (C=O) groups excluding carboxylic acids is 2. The number of primary amides is 1. The molecule has 1 saturated heterocycles. The summed E-state index contributed by atoms with van der Waals surface area (Å²) in [5.41, 5.74) is 10.5. The van der Waals surface area contributed by atoms with Gasteiger partial charge in [0.05, 0.1) is 12.5 Å². The van der Waals surface area contributed by atoms with Crippen molar-refractivity contribution in [3.63, 3.8) is 0 Å². The second-order valence-corrected chi connectivity index (χ2v) is 8.86. The molecule has 0 unspecified atom stereocenters. The molecule has 1 aliphatic rings. The number of hydrogen-bond donors (Lipinski definition) is 1. The van der Waals surface area contributed by atoms with Crippen LogP contribution in [0.3, 0.4) is 0 Å². The zero-order valence-corrected chi connectivity index (χ0v) is 19.2. The highest BCUT2D eigenvalue weighted by Crippen LogP contribution is 2.36. The average molecular weight is 443 g/mol. The molecule has 1 heterocycles. The van der Waals surface area contributed by atoms with Crippen LogP contribution in [-0.2, 0) is 11.2 Å². The second kappa shape index (κ2) is 9.49. The van der Waals surface area contributed by atoms with Crippen molar-refractivity contribution in [2.24, 2.45) is 11.1 Å². The maximum Gasteiger partial charge on any atom is 0.253 e. The van der Waals surface area contributed by atoms with Crippen LogP contribution in [-0.4, -0.2) is 36.9 Å². The zero-order valence-electron chi connectivity index (χ0n) is 19.2. The van der Waals surface area contributed by atoms with E-state index < -0.39 is 5.41 Å². The molecule has 170 valence electrons. The molecule has 0 bridgehead atoms. The van der Waals surface area contributed by atoms with Crippen LogP contribution in [0.1, 0.15) is 34.3 Å². The summed E-state index contributed by atoms with van der Waals surface area (Å²) in [6.45, 7) is 3.09. The Balaban J connectivity index is 1.51. The first-order valence-electron chi connectivity index (χ1n) is 11.3. The molecule has 0 aliphatic carbocycles. The van der Waals surface area contributed by atoms with E-state index in [1.807, 2.05) is 30.3 Å². The molecular weight excluding hydrogens is 412 g/mol. The van der Waals surface area contributed by atoms with E-state index in [0.29, 0.717) is 43.7 Å². The van der Waals surface area contributed by atoms with Crippen LogP contribution in [0.2, 0.25) is 0 Å². The lowest BCUT2D eigenvalue weighted by atomic mass is 9.73. The predicted molar refractivity (Wildman–Crippen MR) is 130 cm³/mol. The largest absolute Gasteiger partial charge is 0.497 e. The van der Waals surface area contributed by atoms with Crippen molar-refractivity contribution in [2.45, 2.75) is 26.2 Å². The third kappa shape index (κ3) is 4.77. The summed E-state index contributed by atoms with van der Waals surface area (Å²) in [7, 11) is 1.58. The number of ether oxygens (including phenoxy) is 1. The number of hydrogen-bond acceptors (Lipinski definition) is 3. The molecule has 1 fully saturated rings. The minimum Gasteiger partial charge on any atom is -0.497 e. The molecular formula is C28H30N2O3. The number of rotatable bonds is 6. The molecule has 3 aromatic rings. The first kappa shape index (κ1) is 22.6. The van der Waals surface area contributed by atoms with Gasteiger partial charge < -0.3 is 15.4 Å².